The average Bonchev–Trinajstić information content (AvgIpc) is 3.43. The fraction of sp³-hybridized carbons (Fsp3) is 0.455. The maximum absolute atomic E-state index is 13.1. The van der Waals surface area contributed by atoms with Crippen LogP contribution in [0.25, 0.3) is 17.6 Å². The standard InChI is InChI=1S/C22H22F6N6O2/c1-31-6-2-17(3-7-31)34-19(36)5-9-33(34)18(35)4-8-32-13-29-20(30-32)14-10-15(21(23,24)25)12-16(11-14)22(26,27)28/h4,8,10-13,17H,2-3,5-7,9H2,1H3/b8-4-. The Balaban J connectivity index is 1.52. The molecule has 0 spiro atoms. The second kappa shape index (κ2) is 9.56. The molecule has 8 nitrogen and oxygen atoms in total. The molecule has 0 atom stereocenters. The molecule has 2 amide bonds. The van der Waals surface area contributed by atoms with Crippen LogP contribution in [0.5, 0.6) is 0 Å². The molecule has 3 heterocycles. The van der Waals surface area contributed by atoms with Crippen LogP contribution in [-0.2, 0) is 21.9 Å². The van der Waals surface area contributed by atoms with E-state index >= 15 is 0 Å². The molecule has 0 bridgehead atoms. The van der Waals surface area contributed by atoms with Gasteiger partial charge in [0.2, 0.25) is 5.91 Å². The molecule has 0 aliphatic carbocycles. The first-order chi connectivity index (χ1) is 16.8. The van der Waals surface area contributed by atoms with Crippen LogP contribution in [0.1, 0.15) is 30.4 Å². The Morgan fingerprint density at radius 1 is 1.00 bits per heavy atom. The highest BCUT2D eigenvalue weighted by molar-refractivity contribution is 5.93. The molecule has 2 aliphatic rings. The van der Waals surface area contributed by atoms with E-state index in [0.717, 1.165) is 43.0 Å². The zero-order chi connectivity index (χ0) is 26.3. The van der Waals surface area contributed by atoms with Crippen LogP contribution in [0.3, 0.4) is 0 Å². The van der Waals surface area contributed by atoms with Crippen molar-refractivity contribution in [3.8, 4) is 11.4 Å². The van der Waals surface area contributed by atoms with Gasteiger partial charge in [-0.2, -0.15) is 26.3 Å². The Hall–Kier alpha value is -3.42. The van der Waals surface area contributed by atoms with Crippen molar-refractivity contribution >= 4 is 18.0 Å². The molecule has 2 fully saturated rings. The molecule has 14 heteroatoms. The lowest BCUT2D eigenvalue weighted by atomic mass is 10.0. The number of hydrogen-bond acceptors (Lipinski definition) is 5. The van der Waals surface area contributed by atoms with Gasteiger partial charge in [0.15, 0.2) is 5.82 Å². The molecule has 194 valence electrons. The number of rotatable bonds is 4. The van der Waals surface area contributed by atoms with E-state index in [0.29, 0.717) is 12.1 Å². The van der Waals surface area contributed by atoms with Crippen molar-refractivity contribution in [3.05, 3.63) is 41.7 Å². The molecule has 36 heavy (non-hydrogen) atoms. The second-order valence-corrected chi connectivity index (χ2v) is 8.64. The van der Waals surface area contributed by atoms with Gasteiger partial charge in [-0.25, -0.2) is 19.7 Å². The highest BCUT2D eigenvalue weighted by Gasteiger charge is 2.39. The van der Waals surface area contributed by atoms with Crippen LogP contribution in [0.2, 0.25) is 0 Å². The van der Waals surface area contributed by atoms with E-state index < -0.39 is 35.0 Å². The van der Waals surface area contributed by atoms with Gasteiger partial charge in [-0.05, 0) is 51.2 Å². The number of halogens is 6. The summed E-state index contributed by atoms with van der Waals surface area (Å²) in [5, 5.41) is 6.71. The summed E-state index contributed by atoms with van der Waals surface area (Å²) >= 11 is 0. The smallest absolute Gasteiger partial charge is 0.306 e. The Morgan fingerprint density at radius 3 is 2.19 bits per heavy atom. The number of hydrogen-bond donors (Lipinski definition) is 0. The van der Waals surface area contributed by atoms with Crippen LogP contribution in [0, 0.1) is 0 Å². The van der Waals surface area contributed by atoms with E-state index in [4.69, 9.17) is 0 Å². The Bertz CT molecular complexity index is 1130. The molecule has 2 aliphatic heterocycles. The van der Waals surface area contributed by atoms with Crippen molar-refractivity contribution in [2.24, 2.45) is 0 Å². The van der Waals surface area contributed by atoms with E-state index in [9.17, 15) is 35.9 Å². The summed E-state index contributed by atoms with van der Waals surface area (Å²) in [4.78, 5) is 31.1. The SMILES string of the molecule is CN1CCC(N2C(=O)CCN2C(=O)/C=C\n2cnc(-c3cc(C(F)(F)F)cc(C(F)(F)F)c3)n2)CC1. The van der Waals surface area contributed by atoms with Gasteiger partial charge in [-0.3, -0.25) is 9.59 Å². The molecule has 2 saturated heterocycles. The fourth-order valence-corrected chi connectivity index (χ4v) is 4.20. The van der Waals surface area contributed by atoms with E-state index in [2.05, 4.69) is 15.0 Å². The first-order valence-corrected chi connectivity index (χ1v) is 11.0. The number of hydrazine groups is 1. The highest BCUT2D eigenvalue weighted by atomic mass is 19.4. The summed E-state index contributed by atoms with van der Waals surface area (Å²) in [5.74, 6) is -1.04. The largest absolute Gasteiger partial charge is 0.416 e. The molecule has 1 aromatic carbocycles. The molecule has 0 saturated carbocycles. The molecule has 2 aromatic rings. The van der Waals surface area contributed by atoms with Crippen LogP contribution in [0.4, 0.5) is 26.3 Å². The number of alkyl halides is 6. The molecule has 0 unspecified atom stereocenters. The van der Waals surface area contributed by atoms with Gasteiger partial charge in [0, 0.05) is 24.3 Å². The number of amides is 2. The molecule has 4 rings (SSSR count). The summed E-state index contributed by atoms with van der Waals surface area (Å²) in [6.45, 7) is 1.79. The van der Waals surface area contributed by atoms with Crippen molar-refractivity contribution in [1.82, 2.24) is 29.7 Å². The highest BCUT2D eigenvalue weighted by Crippen LogP contribution is 2.38. The monoisotopic (exact) mass is 516 g/mol. The Labute approximate surface area is 201 Å². The summed E-state index contributed by atoms with van der Waals surface area (Å²) < 4.78 is 79.8. The first-order valence-electron chi connectivity index (χ1n) is 11.0. The summed E-state index contributed by atoms with van der Waals surface area (Å²) in [7, 11) is 1.98. The van der Waals surface area contributed by atoms with Crippen molar-refractivity contribution in [2.45, 2.75) is 37.7 Å². The third-order valence-corrected chi connectivity index (χ3v) is 6.07. The number of likely N-dealkylation sites (tertiary alicyclic amines) is 1. The topological polar surface area (TPSA) is 74.6 Å². The van der Waals surface area contributed by atoms with Gasteiger partial charge in [-0.1, -0.05) is 0 Å². The molecular weight excluding hydrogens is 494 g/mol. The maximum Gasteiger partial charge on any atom is 0.416 e. The third-order valence-electron chi connectivity index (χ3n) is 6.07. The minimum absolute atomic E-state index is 0.0203. The van der Waals surface area contributed by atoms with E-state index in [1.807, 2.05) is 7.05 Å². The maximum atomic E-state index is 13.1. The van der Waals surface area contributed by atoms with Gasteiger partial charge in [-0.15, -0.1) is 5.10 Å². The predicted octanol–water partition coefficient (Wildman–Crippen LogP) is 3.52. The number of aromatic nitrogens is 3. The average molecular weight is 516 g/mol. The number of carbonyl (C=O) groups excluding carboxylic acids is 2. The predicted molar refractivity (Wildman–Crippen MR) is 114 cm³/mol. The third kappa shape index (κ3) is 5.53. The lowest BCUT2D eigenvalue weighted by molar-refractivity contribution is -0.157. The number of benzene rings is 1. The molecule has 0 radical (unpaired) electrons. The Kier molecular flexibility index (Phi) is 6.82. The second-order valence-electron chi connectivity index (χ2n) is 8.64. The van der Waals surface area contributed by atoms with Crippen molar-refractivity contribution in [1.29, 1.82) is 0 Å². The minimum Gasteiger partial charge on any atom is -0.306 e. The summed E-state index contributed by atoms with van der Waals surface area (Å²) in [6, 6.07) is 0.973. The number of piperidine rings is 1. The van der Waals surface area contributed by atoms with Crippen LogP contribution < -0.4 is 0 Å². The van der Waals surface area contributed by atoms with E-state index in [1.165, 1.54) is 16.2 Å². The van der Waals surface area contributed by atoms with Crippen LogP contribution in [0.15, 0.2) is 30.6 Å². The van der Waals surface area contributed by atoms with Crippen molar-refractivity contribution in [2.75, 3.05) is 26.7 Å². The van der Waals surface area contributed by atoms with Gasteiger partial charge >= 0.3 is 12.4 Å². The molecular formula is C22H22F6N6O2. The summed E-state index contributed by atoms with van der Waals surface area (Å²) in [6.07, 6.45) is -5.03. The normalized spacial score (nSPS) is 18.6. The Morgan fingerprint density at radius 2 is 1.61 bits per heavy atom. The van der Waals surface area contributed by atoms with Gasteiger partial charge in [0.05, 0.1) is 23.7 Å². The van der Waals surface area contributed by atoms with Gasteiger partial charge in [0.25, 0.3) is 5.91 Å². The molecule has 0 N–H and O–H groups in total. The van der Waals surface area contributed by atoms with Crippen LogP contribution in [-0.4, -0.2) is 74.2 Å². The van der Waals surface area contributed by atoms with E-state index in [1.54, 1.807) is 0 Å². The quantitative estimate of drug-likeness (QED) is 0.459. The van der Waals surface area contributed by atoms with Gasteiger partial charge in [0.1, 0.15) is 6.33 Å². The van der Waals surface area contributed by atoms with E-state index in [-0.39, 0.29) is 36.8 Å². The van der Waals surface area contributed by atoms with Crippen molar-refractivity contribution < 1.29 is 35.9 Å². The minimum atomic E-state index is -5.00. The van der Waals surface area contributed by atoms with Gasteiger partial charge < -0.3 is 4.90 Å². The lowest BCUT2D eigenvalue weighted by Crippen LogP contribution is -2.52. The zero-order valence-corrected chi connectivity index (χ0v) is 19.1. The molecule has 1 aromatic heterocycles. The van der Waals surface area contributed by atoms with Crippen molar-refractivity contribution in [3.63, 3.8) is 0 Å². The number of nitrogens with zero attached hydrogens (tertiary/aromatic N) is 6. The number of carbonyl (C=O) groups is 2. The fourth-order valence-electron chi connectivity index (χ4n) is 4.20. The first kappa shape index (κ1) is 25.7. The lowest BCUT2D eigenvalue weighted by Gasteiger charge is -2.38. The summed E-state index contributed by atoms with van der Waals surface area (Å²) in [5.41, 5.74) is -3.45. The van der Waals surface area contributed by atoms with Crippen LogP contribution >= 0.6 is 0 Å². The zero-order valence-electron chi connectivity index (χ0n) is 19.1.